The summed E-state index contributed by atoms with van der Waals surface area (Å²) in [7, 11) is 0. The minimum atomic E-state index is 0.404. The molecule has 1 heterocycles. The lowest BCUT2D eigenvalue weighted by Crippen LogP contribution is -2.82. The van der Waals surface area contributed by atoms with E-state index >= 15 is 0 Å². The number of quaternary nitrogens is 1. The van der Waals surface area contributed by atoms with Crippen LogP contribution in [0.5, 0.6) is 0 Å². The molecule has 0 fully saturated rings. The van der Waals surface area contributed by atoms with Crippen LogP contribution in [0.15, 0.2) is 58.4 Å². The van der Waals surface area contributed by atoms with Gasteiger partial charge in [-0.05, 0) is 45.9 Å². The Morgan fingerprint density at radius 3 is 2.52 bits per heavy atom. The molecule has 3 nitrogen and oxygen atoms in total. The van der Waals surface area contributed by atoms with E-state index in [1.165, 1.54) is 20.8 Å². The summed E-state index contributed by atoms with van der Waals surface area (Å²) in [5.74, 6) is 0.739. The predicted molar refractivity (Wildman–Crippen MR) is 110 cm³/mol. The zero-order valence-corrected chi connectivity index (χ0v) is 16.9. The standard InChI is InChI=1S/C20H25N3S2/c1-14(2)22-16-9-5-7-11-18(16)24-13-21-20-23(15(3)4)17-10-6-8-12-19(17)25-20/h5-12,14-15,22H,13H2,1-4H3/p+1/b21-20-. The van der Waals surface area contributed by atoms with Crippen molar-refractivity contribution in [2.24, 2.45) is 4.99 Å². The van der Waals surface area contributed by atoms with Crippen LogP contribution < -0.4 is 10.1 Å². The van der Waals surface area contributed by atoms with E-state index in [0.717, 1.165) is 10.7 Å². The summed E-state index contributed by atoms with van der Waals surface area (Å²) in [6.45, 7) is 8.87. The van der Waals surface area contributed by atoms with Gasteiger partial charge in [-0.3, -0.25) is 0 Å². The van der Waals surface area contributed by atoms with Crippen molar-refractivity contribution in [2.45, 2.75) is 44.7 Å². The molecule has 0 atom stereocenters. The second kappa shape index (κ2) is 8.21. The van der Waals surface area contributed by atoms with Gasteiger partial charge < -0.3 is 9.88 Å². The minimum Gasteiger partial charge on any atom is -0.314 e. The topological polar surface area (TPSA) is 33.9 Å². The van der Waals surface area contributed by atoms with Crippen molar-refractivity contribution in [1.82, 2.24) is 4.57 Å². The zero-order chi connectivity index (χ0) is 17.8. The van der Waals surface area contributed by atoms with E-state index in [4.69, 9.17) is 4.99 Å². The average molecular weight is 373 g/mol. The maximum atomic E-state index is 4.91. The van der Waals surface area contributed by atoms with Crippen molar-refractivity contribution < 1.29 is 5.32 Å². The molecule has 5 heteroatoms. The minimum absolute atomic E-state index is 0.404. The molecule has 0 aliphatic rings. The average Bonchev–Trinajstić information content (AvgIpc) is 2.94. The molecule has 25 heavy (non-hydrogen) atoms. The van der Waals surface area contributed by atoms with Crippen molar-refractivity contribution in [3.8, 4) is 0 Å². The van der Waals surface area contributed by atoms with Crippen molar-refractivity contribution in [2.75, 3.05) is 5.88 Å². The van der Waals surface area contributed by atoms with Gasteiger partial charge in [-0.15, -0.1) is 0 Å². The number of rotatable bonds is 6. The van der Waals surface area contributed by atoms with E-state index in [1.54, 1.807) is 11.3 Å². The third kappa shape index (κ3) is 4.35. The fourth-order valence-corrected chi connectivity index (χ4v) is 4.90. The highest BCUT2D eigenvalue weighted by Crippen LogP contribution is 2.24. The van der Waals surface area contributed by atoms with Crippen LogP contribution in [0.25, 0.3) is 10.2 Å². The molecule has 0 bridgehead atoms. The number of thioether (sulfide) groups is 1. The third-order valence-electron chi connectivity index (χ3n) is 3.90. The molecule has 0 unspecified atom stereocenters. The van der Waals surface area contributed by atoms with Gasteiger partial charge >= 0.3 is 0 Å². The molecule has 3 rings (SSSR count). The number of fused-ring (bicyclic) bond motifs is 1. The van der Waals surface area contributed by atoms with Crippen LogP contribution >= 0.6 is 23.1 Å². The van der Waals surface area contributed by atoms with Gasteiger partial charge in [0.1, 0.15) is 5.69 Å². The highest BCUT2D eigenvalue weighted by atomic mass is 32.2. The monoisotopic (exact) mass is 372 g/mol. The molecular weight excluding hydrogens is 346 g/mol. The van der Waals surface area contributed by atoms with E-state index in [9.17, 15) is 0 Å². The number of para-hydroxylation sites is 2. The van der Waals surface area contributed by atoms with E-state index in [-0.39, 0.29) is 0 Å². The summed E-state index contributed by atoms with van der Waals surface area (Å²) in [4.78, 5) is 7.32. The van der Waals surface area contributed by atoms with Crippen LogP contribution in [0, 0.1) is 0 Å². The molecule has 1 aromatic heterocycles. The molecular formula is C20H26N3S2+. The molecule has 0 radical (unpaired) electrons. The summed E-state index contributed by atoms with van der Waals surface area (Å²) in [6.07, 6.45) is 0. The maximum absolute atomic E-state index is 4.91. The first-order valence-electron chi connectivity index (χ1n) is 8.73. The van der Waals surface area contributed by atoms with Crippen LogP contribution in [-0.2, 0) is 0 Å². The molecule has 0 spiro atoms. The Morgan fingerprint density at radius 2 is 1.76 bits per heavy atom. The molecule has 2 aromatic carbocycles. The lowest BCUT2D eigenvalue weighted by atomic mass is 10.3. The third-order valence-corrected chi connectivity index (χ3v) is 5.91. The maximum Gasteiger partial charge on any atom is 0.186 e. The summed E-state index contributed by atoms with van der Waals surface area (Å²) in [5.41, 5.74) is 2.59. The Hall–Kier alpha value is -1.56. The number of thiazole rings is 1. The van der Waals surface area contributed by atoms with Crippen LogP contribution in [-0.4, -0.2) is 16.5 Å². The predicted octanol–water partition coefficient (Wildman–Crippen LogP) is 4.54. The Labute approximate surface area is 157 Å². The quantitative estimate of drug-likeness (QED) is 0.500. The van der Waals surface area contributed by atoms with Crippen molar-refractivity contribution >= 4 is 39.0 Å². The zero-order valence-electron chi connectivity index (χ0n) is 15.3. The van der Waals surface area contributed by atoms with Crippen molar-refractivity contribution in [1.29, 1.82) is 0 Å². The number of hydrogen-bond donors (Lipinski definition) is 1. The van der Waals surface area contributed by atoms with Crippen LogP contribution in [0.3, 0.4) is 0 Å². The molecule has 0 saturated heterocycles. The normalized spacial score (nSPS) is 12.6. The van der Waals surface area contributed by atoms with E-state index in [1.807, 2.05) is 11.8 Å². The van der Waals surface area contributed by atoms with Gasteiger partial charge in [0.05, 0.1) is 27.0 Å². The summed E-state index contributed by atoms with van der Waals surface area (Å²) in [6, 6.07) is 18.1. The molecule has 0 saturated carbocycles. The van der Waals surface area contributed by atoms with Crippen molar-refractivity contribution in [3.05, 3.63) is 53.3 Å². The van der Waals surface area contributed by atoms with Crippen LogP contribution in [0.1, 0.15) is 33.7 Å². The SMILES string of the molecule is CC(C)[NH2+]c1ccccc1SC/N=c1\sc2ccccc2n1C(C)C. The van der Waals surface area contributed by atoms with Gasteiger partial charge in [-0.1, -0.05) is 47.4 Å². The van der Waals surface area contributed by atoms with Gasteiger partial charge in [-0.25, -0.2) is 4.99 Å². The fourth-order valence-electron chi connectivity index (χ4n) is 2.87. The second-order valence-electron chi connectivity index (χ2n) is 6.70. The first kappa shape index (κ1) is 18.2. The first-order chi connectivity index (χ1) is 12.1. The van der Waals surface area contributed by atoms with Crippen molar-refractivity contribution in [3.63, 3.8) is 0 Å². The summed E-state index contributed by atoms with van der Waals surface area (Å²) in [5, 5.41) is 2.32. The molecule has 132 valence electrons. The lowest BCUT2D eigenvalue weighted by molar-refractivity contribution is -0.605. The van der Waals surface area contributed by atoms with E-state index in [0.29, 0.717) is 12.1 Å². The Balaban J connectivity index is 1.86. The van der Waals surface area contributed by atoms with E-state index < -0.39 is 0 Å². The second-order valence-corrected chi connectivity index (χ2v) is 8.69. The smallest absolute Gasteiger partial charge is 0.186 e. The molecule has 0 aliphatic carbocycles. The van der Waals surface area contributed by atoms with Crippen LogP contribution in [0.2, 0.25) is 0 Å². The number of benzene rings is 2. The van der Waals surface area contributed by atoms with Crippen LogP contribution in [0.4, 0.5) is 5.69 Å². The Morgan fingerprint density at radius 1 is 1.04 bits per heavy atom. The van der Waals surface area contributed by atoms with Gasteiger partial charge in [-0.2, -0.15) is 0 Å². The largest absolute Gasteiger partial charge is 0.314 e. The summed E-state index contributed by atoms with van der Waals surface area (Å²) >= 11 is 3.59. The fraction of sp³-hybridized carbons (Fsp3) is 0.350. The molecule has 3 aromatic rings. The van der Waals surface area contributed by atoms with Gasteiger partial charge in [0.15, 0.2) is 4.80 Å². The molecule has 0 amide bonds. The van der Waals surface area contributed by atoms with Gasteiger partial charge in [0.2, 0.25) is 0 Å². The Kier molecular flexibility index (Phi) is 5.99. The summed E-state index contributed by atoms with van der Waals surface area (Å²) < 4.78 is 3.64. The molecule has 2 N–H and O–H groups in total. The highest BCUT2D eigenvalue weighted by molar-refractivity contribution is 7.99. The number of hydrogen-bond acceptors (Lipinski definition) is 3. The number of nitrogens with zero attached hydrogens (tertiary/aromatic N) is 2. The van der Waals surface area contributed by atoms with Gasteiger partial charge in [0.25, 0.3) is 0 Å². The van der Waals surface area contributed by atoms with E-state index in [2.05, 4.69) is 86.1 Å². The molecule has 0 aliphatic heterocycles. The van der Waals surface area contributed by atoms with Gasteiger partial charge in [0, 0.05) is 12.1 Å². The Bertz CT molecular complexity index is 906. The first-order valence-corrected chi connectivity index (χ1v) is 10.5. The lowest BCUT2D eigenvalue weighted by Gasteiger charge is -2.09. The number of nitrogens with two attached hydrogens (primary N) is 1. The number of aromatic nitrogens is 1. The highest BCUT2D eigenvalue weighted by Gasteiger charge is 2.10.